The molecule has 1 saturated carbocycles. The van der Waals surface area contributed by atoms with Crippen LogP contribution in [0.25, 0.3) is 0 Å². The summed E-state index contributed by atoms with van der Waals surface area (Å²) in [5, 5.41) is 0. The Labute approximate surface area is 229 Å². The van der Waals surface area contributed by atoms with E-state index in [1.54, 1.807) is 39.8 Å². The Kier molecular flexibility index (Phi) is 8.67. The molecule has 10 heteroatoms. The predicted molar refractivity (Wildman–Crippen MR) is 138 cm³/mol. The molecule has 0 radical (unpaired) electrons. The number of ether oxygens (including phenoxy) is 5. The van der Waals surface area contributed by atoms with Gasteiger partial charge in [-0.25, -0.2) is 9.59 Å². The van der Waals surface area contributed by atoms with E-state index in [0.29, 0.717) is 12.0 Å². The van der Waals surface area contributed by atoms with Crippen molar-refractivity contribution < 1.29 is 47.7 Å². The molecule has 2 fully saturated rings. The standard InChI is InChI=1S/C29H40O10/c1-10-14(3)25(32)35-19-12-16(5)21-22(19)28(8,38-17(6)30)13-20(36-26(33)15(4)11-2)23-24(21)37-27(34)29(23,9)39-18(7)31/h10,12,15,19-24H,11,13H2,1-9H3/b14-10-/t15-,19-,20-,21+,22-,23+,24-,28-,29-/m0/s1. The molecule has 2 aliphatic carbocycles. The number of esters is 5. The van der Waals surface area contributed by atoms with Crippen LogP contribution in [-0.4, -0.2) is 59.4 Å². The fraction of sp³-hybridized carbons (Fsp3) is 0.690. The zero-order valence-corrected chi connectivity index (χ0v) is 24.2. The summed E-state index contributed by atoms with van der Waals surface area (Å²) in [6.45, 7) is 14.4. The van der Waals surface area contributed by atoms with Crippen molar-refractivity contribution in [1.29, 1.82) is 0 Å². The van der Waals surface area contributed by atoms with Gasteiger partial charge in [0.25, 0.3) is 0 Å². The number of fused-ring (bicyclic) bond motifs is 3. The highest BCUT2D eigenvalue weighted by molar-refractivity contribution is 5.88. The number of hydrogen-bond donors (Lipinski definition) is 0. The molecule has 0 amide bonds. The van der Waals surface area contributed by atoms with Gasteiger partial charge in [0.15, 0.2) is 0 Å². The van der Waals surface area contributed by atoms with Crippen LogP contribution in [0.1, 0.15) is 75.2 Å². The van der Waals surface area contributed by atoms with Gasteiger partial charge in [0.2, 0.25) is 5.60 Å². The summed E-state index contributed by atoms with van der Waals surface area (Å²) < 4.78 is 29.4. The minimum Gasteiger partial charge on any atom is -0.461 e. The van der Waals surface area contributed by atoms with Crippen LogP contribution in [0.3, 0.4) is 0 Å². The fourth-order valence-electron chi connectivity index (χ4n) is 6.28. The van der Waals surface area contributed by atoms with Crippen molar-refractivity contribution >= 4 is 29.8 Å². The minimum absolute atomic E-state index is 0.0393. The Morgan fingerprint density at radius 3 is 2.23 bits per heavy atom. The predicted octanol–water partition coefficient (Wildman–Crippen LogP) is 3.60. The van der Waals surface area contributed by atoms with Gasteiger partial charge in [-0.2, -0.15) is 0 Å². The molecule has 0 unspecified atom stereocenters. The lowest BCUT2D eigenvalue weighted by molar-refractivity contribution is -0.187. The van der Waals surface area contributed by atoms with Crippen molar-refractivity contribution in [3.05, 3.63) is 23.3 Å². The maximum atomic E-state index is 13.3. The van der Waals surface area contributed by atoms with Gasteiger partial charge < -0.3 is 23.7 Å². The summed E-state index contributed by atoms with van der Waals surface area (Å²) in [4.78, 5) is 63.8. The third-order valence-electron chi connectivity index (χ3n) is 8.41. The summed E-state index contributed by atoms with van der Waals surface area (Å²) in [7, 11) is 0. The van der Waals surface area contributed by atoms with Gasteiger partial charge in [0.05, 0.1) is 11.8 Å². The first-order valence-corrected chi connectivity index (χ1v) is 13.4. The molecule has 3 aliphatic rings. The Hall–Kier alpha value is -3.17. The van der Waals surface area contributed by atoms with Gasteiger partial charge in [0, 0.05) is 37.7 Å². The second-order valence-corrected chi connectivity index (χ2v) is 11.3. The van der Waals surface area contributed by atoms with E-state index >= 15 is 0 Å². The lowest BCUT2D eigenvalue weighted by atomic mass is 9.74. The second-order valence-electron chi connectivity index (χ2n) is 11.3. The SMILES string of the molecule is C/C=C(/C)C(=O)O[C@H]1C=C(C)[C@H]2[C@@H]3OC(=O)[C@@](C)(OC(C)=O)[C@@H]3[C@@H](OC(=O)[C@@H](C)CC)C[C@](C)(OC(C)=O)[C@H]21. The molecule has 0 aromatic rings. The largest absolute Gasteiger partial charge is 0.461 e. The van der Waals surface area contributed by atoms with Gasteiger partial charge in [0.1, 0.15) is 23.9 Å². The average Bonchev–Trinajstić information content (AvgIpc) is 3.25. The summed E-state index contributed by atoms with van der Waals surface area (Å²) in [5.41, 5.74) is -1.92. The normalized spacial score (nSPS) is 36.4. The van der Waals surface area contributed by atoms with Gasteiger partial charge in [-0.1, -0.05) is 25.5 Å². The smallest absolute Gasteiger partial charge is 0.351 e. The van der Waals surface area contributed by atoms with E-state index in [9.17, 15) is 24.0 Å². The monoisotopic (exact) mass is 548 g/mol. The molecule has 216 valence electrons. The number of hydrogen-bond acceptors (Lipinski definition) is 10. The fourth-order valence-corrected chi connectivity index (χ4v) is 6.28. The third-order valence-corrected chi connectivity index (χ3v) is 8.41. The van der Waals surface area contributed by atoms with Crippen molar-refractivity contribution in [2.24, 2.45) is 23.7 Å². The number of carbonyl (C=O) groups excluding carboxylic acids is 5. The highest BCUT2D eigenvalue weighted by atomic mass is 16.6. The Balaban J connectivity index is 2.21. The summed E-state index contributed by atoms with van der Waals surface area (Å²) in [6.07, 6.45) is 1.12. The molecule has 0 N–H and O–H groups in total. The maximum absolute atomic E-state index is 13.3. The van der Waals surface area contributed by atoms with Crippen molar-refractivity contribution in [3.8, 4) is 0 Å². The zero-order valence-electron chi connectivity index (χ0n) is 24.2. The second kappa shape index (κ2) is 11.1. The summed E-state index contributed by atoms with van der Waals surface area (Å²) in [6, 6.07) is 0. The first-order valence-electron chi connectivity index (χ1n) is 13.4. The van der Waals surface area contributed by atoms with Crippen molar-refractivity contribution in [2.75, 3.05) is 0 Å². The molecule has 0 spiro atoms. The van der Waals surface area contributed by atoms with E-state index in [0.717, 1.165) is 5.57 Å². The molecule has 0 aromatic carbocycles. The molecular weight excluding hydrogens is 508 g/mol. The molecule has 0 bridgehead atoms. The first-order chi connectivity index (χ1) is 18.1. The molecule has 39 heavy (non-hydrogen) atoms. The van der Waals surface area contributed by atoms with Gasteiger partial charge in [-0.3, -0.25) is 14.4 Å². The average molecular weight is 549 g/mol. The van der Waals surface area contributed by atoms with Crippen LogP contribution in [0.15, 0.2) is 23.3 Å². The number of rotatable bonds is 7. The van der Waals surface area contributed by atoms with Crippen molar-refractivity contribution in [3.63, 3.8) is 0 Å². The van der Waals surface area contributed by atoms with Crippen molar-refractivity contribution in [2.45, 2.75) is 105 Å². The topological polar surface area (TPSA) is 132 Å². The lowest BCUT2D eigenvalue weighted by Gasteiger charge is -2.41. The number of allylic oxidation sites excluding steroid dienone is 1. The van der Waals surface area contributed by atoms with Crippen LogP contribution in [0.5, 0.6) is 0 Å². The molecule has 9 atom stereocenters. The van der Waals surface area contributed by atoms with Gasteiger partial charge in [-0.15, -0.1) is 0 Å². The minimum atomic E-state index is -1.76. The van der Waals surface area contributed by atoms with E-state index < -0.39 is 83.0 Å². The Morgan fingerprint density at radius 1 is 1.08 bits per heavy atom. The molecule has 10 nitrogen and oxygen atoms in total. The summed E-state index contributed by atoms with van der Waals surface area (Å²) in [5.74, 6) is -5.69. The molecule has 1 heterocycles. The Morgan fingerprint density at radius 2 is 1.69 bits per heavy atom. The van der Waals surface area contributed by atoms with Crippen LogP contribution in [-0.2, 0) is 47.7 Å². The van der Waals surface area contributed by atoms with Crippen LogP contribution in [0, 0.1) is 23.7 Å². The van der Waals surface area contributed by atoms with E-state index in [-0.39, 0.29) is 6.42 Å². The molecule has 1 aliphatic heterocycles. The first kappa shape index (κ1) is 30.4. The van der Waals surface area contributed by atoms with E-state index in [1.165, 1.54) is 20.8 Å². The molecule has 1 saturated heterocycles. The third kappa shape index (κ3) is 5.61. The van der Waals surface area contributed by atoms with Crippen LogP contribution >= 0.6 is 0 Å². The van der Waals surface area contributed by atoms with Crippen LogP contribution < -0.4 is 0 Å². The highest BCUT2D eigenvalue weighted by Gasteiger charge is 2.69. The highest BCUT2D eigenvalue weighted by Crippen LogP contribution is 2.56. The molecular formula is C29H40O10. The quantitative estimate of drug-likeness (QED) is 0.201. The van der Waals surface area contributed by atoms with Gasteiger partial charge in [-0.05, 0) is 47.1 Å². The van der Waals surface area contributed by atoms with E-state index in [2.05, 4.69) is 0 Å². The van der Waals surface area contributed by atoms with Crippen LogP contribution in [0.4, 0.5) is 0 Å². The lowest BCUT2D eigenvalue weighted by Crippen LogP contribution is -2.51. The summed E-state index contributed by atoms with van der Waals surface area (Å²) >= 11 is 0. The molecule has 0 aromatic heterocycles. The van der Waals surface area contributed by atoms with Crippen molar-refractivity contribution in [1.82, 2.24) is 0 Å². The van der Waals surface area contributed by atoms with E-state index in [1.807, 2.05) is 13.8 Å². The Bertz CT molecular complexity index is 1110. The maximum Gasteiger partial charge on any atom is 0.351 e. The van der Waals surface area contributed by atoms with E-state index in [4.69, 9.17) is 23.7 Å². The van der Waals surface area contributed by atoms with Crippen LogP contribution in [0.2, 0.25) is 0 Å². The van der Waals surface area contributed by atoms with Gasteiger partial charge >= 0.3 is 29.8 Å². The number of carbonyl (C=O) groups is 5. The molecule has 3 rings (SSSR count). The zero-order chi connectivity index (χ0) is 29.4.